The van der Waals surface area contributed by atoms with E-state index in [4.69, 9.17) is 0 Å². The number of pyridine rings is 1. The number of imidazole rings is 1. The molecule has 2 heterocycles. The molecule has 0 unspecified atom stereocenters. The first-order chi connectivity index (χ1) is 8.43. The standard InChI is InChI=1S/C13H11N3S/c1-2-5-11(6-3-1)9-17-16-10-15-13-12(16)7-4-8-14-13/h1-8,10H,9H2. The lowest BCUT2D eigenvalue weighted by molar-refractivity contribution is 1.24. The van der Waals surface area contributed by atoms with Gasteiger partial charge >= 0.3 is 0 Å². The highest BCUT2D eigenvalue weighted by molar-refractivity contribution is 7.97. The molecule has 3 aromatic rings. The molecule has 3 nitrogen and oxygen atoms in total. The van der Waals surface area contributed by atoms with Gasteiger partial charge in [0.2, 0.25) is 0 Å². The van der Waals surface area contributed by atoms with Crippen molar-refractivity contribution in [2.45, 2.75) is 5.75 Å². The van der Waals surface area contributed by atoms with Crippen LogP contribution in [0, 0.1) is 0 Å². The maximum atomic E-state index is 4.26. The molecule has 3 rings (SSSR count). The number of benzene rings is 1. The average Bonchev–Trinajstić information content (AvgIpc) is 2.81. The summed E-state index contributed by atoms with van der Waals surface area (Å²) in [6, 6.07) is 14.4. The minimum atomic E-state index is 0.799. The van der Waals surface area contributed by atoms with Gasteiger partial charge in [-0.15, -0.1) is 0 Å². The van der Waals surface area contributed by atoms with Crippen molar-refractivity contribution in [3.63, 3.8) is 0 Å². The molecule has 0 saturated carbocycles. The highest BCUT2D eigenvalue weighted by Gasteiger charge is 2.02. The van der Waals surface area contributed by atoms with Gasteiger partial charge in [-0.3, -0.25) is 3.97 Å². The molecule has 1 aromatic carbocycles. The molecule has 0 N–H and O–H groups in total. The lowest BCUT2D eigenvalue weighted by Gasteiger charge is -2.02. The molecule has 0 aliphatic rings. The molecule has 2 aromatic heterocycles. The molecule has 0 radical (unpaired) electrons. The van der Waals surface area contributed by atoms with Crippen molar-refractivity contribution in [1.29, 1.82) is 0 Å². The summed E-state index contributed by atoms with van der Waals surface area (Å²) in [7, 11) is 0. The summed E-state index contributed by atoms with van der Waals surface area (Å²) >= 11 is 1.72. The Hall–Kier alpha value is -1.81. The third-order valence-electron chi connectivity index (χ3n) is 2.50. The number of hydrogen-bond acceptors (Lipinski definition) is 3. The molecular weight excluding hydrogens is 230 g/mol. The Kier molecular flexibility index (Phi) is 2.80. The summed E-state index contributed by atoms with van der Waals surface area (Å²) in [5.41, 5.74) is 3.17. The predicted molar refractivity (Wildman–Crippen MR) is 70.7 cm³/mol. The first-order valence-electron chi connectivity index (χ1n) is 5.39. The van der Waals surface area contributed by atoms with Crippen molar-refractivity contribution in [3.8, 4) is 0 Å². The fraction of sp³-hybridized carbons (Fsp3) is 0.0769. The molecule has 0 aliphatic heterocycles. The zero-order valence-electron chi connectivity index (χ0n) is 9.15. The largest absolute Gasteiger partial charge is 0.270 e. The van der Waals surface area contributed by atoms with Gasteiger partial charge in [0.1, 0.15) is 6.33 Å². The second-order valence-corrected chi connectivity index (χ2v) is 4.62. The summed E-state index contributed by atoms with van der Waals surface area (Å²) in [5, 5.41) is 0. The van der Waals surface area contributed by atoms with Gasteiger partial charge in [0.05, 0.1) is 5.52 Å². The maximum absolute atomic E-state index is 4.26. The topological polar surface area (TPSA) is 30.7 Å². The molecule has 0 fully saturated rings. The third kappa shape index (κ3) is 2.17. The minimum absolute atomic E-state index is 0.799. The number of rotatable bonds is 3. The number of hydrogen-bond donors (Lipinski definition) is 0. The van der Waals surface area contributed by atoms with Crippen molar-refractivity contribution in [2.24, 2.45) is 0 Å². The van der Waals surface area contributed by atoms with Crippen molar-refractivity contribution < 1.29 is 0 Å². The van der Waals surface area contributed by atoms with Gasteiger partial charge in [0, 0.05) is 11.9 Å². The first kappa shape index (κ1) is 10.4. The Labute approximate surface area is 104 Å². The van der Waals surface area contributed by atoms with Gasteiger partial charge < -0.3 is 0 Å². The van der Waals surface area contributed by atoms with E-state index < -0.39 is 0 Å². The molecule has 0 aliphatic carbocycles. The molecule has 17 heavy (non-hydrogen) atoms. The molecular formula is C13H11N3S. The van der Waals surface area contributed by atoms with Crippen LogP contribution in [0.3, 0.4) is 0 Å². The highest BCUT2D eigenvalue weighted by Crippen LogP contribution is 2.19. The summed E-state index contributed by atoms with van der Waals surface area (Å²) in [6.07, 6.45) is 3.59. The molecule has 0 spiro atoms. The molecule has 0 amide bonds. The molecule has 0 saturated heterocycles. The zero-order valence-corrected chi connectivity index (χ0v) is 9.97. The molecule has 0 atom stereocenters. The Morgan fingerprint density at radius 1 is 1.00 bits per heavy atom. The van der Waals surface area contributed by atoms with Crippen LogP contribution >= 0.6 is 11.9 Å². The van der Waals surface area contributed by atoms with Crippen LogP contribution in [0.1, 0.15) is 5.56 Å². The molecule has 0 bridgehead atoms. The lowest BCUT2D eigenvalue weighted by atomic mass is 10.2. The molecule has 84 valence electrons. The summed E-state index contributed by atoms with van der Waals surface area (Å²) in [6.45, 7) is 0. The van der Waals surface area contributed by atoms with Crippen LogP contribution in [0.2, 0.25) is 0 Å². The fourth-order valence-corrected chi connectivity index (χ4v) is 2.53. The number of fused-ring (bicyclic) bond motifs is 1. The van der Waals surface area contributed by atoms with E-state index in [1.165, 1.54) is 5.56 Å². The van der Waals surface area contributed by atoms with Crippen LogP contribution in [0.5, 0.6) is 0 Å². The van der Waals surface area contributed by atoms with E-state index in [9.17, 15) is 0 Å². The van der Waals surface area contributed by atoms with Crippen molar-refractivity contribution in [2.75, 3.05) is 0 Å². The van der Waals surface area contributed by atoms with Gasteiger partial charge in [-0.25, -0.2) is 9.97 Å². The SMILES string of the molecule is c1ccc(CSn2cnc3ncccc32)cc1. The second-order valence-electron chi connectivity index (χ2n) is 3.68. The smallest absolute Gasteiger partial charge is 0.178 e. The second kappa shape index (κ2) is 4.59. The maximum Gasteiger partial charge on any atom is 0.178 e. The van der Waals surface area contributed by atoms with Gasteiger partial charge in [-0.1, -0.05) is 30.3 Å². The third-order valence-corrected chi connectivity index (χ3v) is 3.53. The normalized spacial score (nSPS) is 10.8. The van der Waals surface area contributed by atoms with Crippen LogP contribution in [0.25, 0.3) is 11.2 Å². The van der Waals surface area contributed by atoms with E-state index in [1.54, 1.807) is 18.1 Å². The molecule has 4 heteroatoms. The van der Waals surface area contributed by atoms with Gasteiger partial charge in [-0.2, -0.15) is 0 Å². The fourth-order valence-electron chi connectivity index (χ4n) is 1.65. The van der Waals surface area contributed by atoms with Crippen LogP contribution in [-0.2, 0) is 5.75 Å². The van der Waals surface area contributed by atoms with Crippen molar-refractivity contribution >= 4 is 23.1 Å². The Morgan fingerprint density at radius 3 is 2.76 bits per heavy atom. The van der Waals surface area contributed by atoms with E-state index >= 15 is 0 Å². The van der Waals surface area contributed by atoms with Crippen molar-refractivity contribution in [3.05, 3.63) is 60.6 Å². The Morgan fingerprint density at radius 2 is 1.88 bits per heavy atom. The van der Waals surface area contributed by atoms with E-state index in [1.807, 2.05) is 24.5 Å². The zero-order chi connectivity index (χ0) is 11.5. The van der Waals surface area contributed by atoms with Crippen LogP contribution in [-0.4, -0.2) is 13.9 Å². The Bertz CT molecular complexity index is 619. The number of aromatic nitrogens is 3. The van der Waals surface area contributed by atoms with Crippen LogP contribution in [0.4, 0.5) is 0 Å². The van der Waals surface area contributed by atoms with Crippen LogP contribution in [0.15, 0.2) is 55.0 Å². The minimum Gasteiger partial charge on any atom is -0.270 e. The van der Waals surface area contributed by atoms with E-state index in [-0.39, 0.29) is 0 Å². The highest BCUT2D eigenvalue weighted by atomic mass is 32.2. The van der Waals surface area contributed by atoms with Gasteiger partial charge in [0.15, 0.2) is 5.65 Å². The summed E-state index contributed by atoms with van der Waals surface area (Å²) < 4.78 is 2.06. The average molecular weight is 241 g/mol. The van der Waals surface area contributed by atoms with Crippen LogP contribution < -0.4 is 0 Å². The summed E-state index contributed by atoms with van der Waals surface area (Å²) in [5.74, 6) is 0.932. The Balaban J connectivity index is 1.82. The monoisotopic (exact) mass is 241 g/mol. The predicted octanol–water partition coefficient (Wildman–Crippen LogP) is 3.13. The van der Waals surface area contributed by atoms with E-state index in [0.29, 0.717) is 0 Å². The first-order valence-corrected chi connectivity index (χ1v) is 6.33. The van der Waals surface area contributed by atoms with Gasteiger partial charge in [-0.05, 0) is 29.6 Å². The summed E-state index contributed by atoms with van der Waals surface area (Å²) in [4.78, 5) is 8.47. The number of nitrogens with zero attached hydrogens (tertiary/aromatic N) is 3. The lowest BCUT2D eigenvalue weighted by Crippen LogP contribution is -1.87. The van der Waals surface area contributed by atoms with Crippen molar-refractivity contribution in [1.82, 2.24) is 13.9 Å². The quantitative estimate of drug-likeness (QED) is 0.706. The van der Waals surface area contributed by atoms with E-state index in [0.717, 1.165) is 16.9 Å². The van der Waals surface area contributed by atoms with E-state index in [2.05, 4.69) is 38.2 Å². The van der Waals surface area contributed by atoms with Gasteiger partial charge in [0.25, 0.3) is 0 Å².